The Kier molecular flexibility index (Phi) is 6.67. The molecule has 0 atom stereocenters. The fourth-order valence-electron chi connectivity index (χ4n) is 2.53. The molecular formula is C16H23ClN4O2. The van der Waals surface area contributed by atoms with Crippen LogP contribution in [0, 0.1) is 0 Å². The molecule has 2 rings (SSSR count). The molecule has 1 aliphatic heterocycles. The van der Waals surface area contributed by atoms with Crippen LogP contribution in [0.25, 0.3) is 0 Å². The van der Waals surface area contributed by atoms with E-state index in [0.717, 1.165) is 31.5 Å². The first kappa shape index (κ1) is 17.6. The molecule has 0 saturated carbocycles. The highest BCUT2D eigenvalue weighted by atomic mass is 35.5. The molecular weight excluding hydrogens is 316 g/mol. The number of benzene rings is 1. The SMILES string of the molecule is CNC1CCN(C(=O)CNC(=O)NCc2ccc(Cl)cc2)CC1. The molecule has 0 aliphatic carbocycles. The first-order valence-corrected chi connectivity index (χ1v) is 8.17. The predicted octanol–water partition coefficient (Wildman–Crippen LogP) is 1.35. The Morgan fingerprint density at radius 3 is 2.43 bits per heavy atom. The van der Waals surface area contributed by atoms with Crippen LogP contribution in [0.2, 0.25) is 5.02 Å². The molecule has 1 fully saturated rings. The van der Waals surface area contributed by atoms with Crippen molar-refractivity contribution in [3.8, 4) is 0 Å². The quantitative estimate of drug-likeness (QED) is 0.758. The summed E-state index contributed by atoms with van der Waals surface area (Å²) in [7, 11) is 1.94. The smallest absolute Gasteiger partial charge is 0.315 e. The van der Waals surface area contributed by atoms with Gasteiger partial charge in [-0.25, -0.2) is 4.79 Å². The number of nitrogens with zero attached hydrogens (tertiary/aromatic N) is 1. The second-order valence-electron chi connectivity index (χ2n) is 5.61. The minimum absolute atomic E-state index is 0.0245. The molecule has 1 aromatic carbocycles. The number of halogens is 1. The van der Waals surface area contributed by atoms with Gasteiger partial charge in [0.15, 0.2) is 0 Å². The average Bonchev–Trinajstić information content (AvgIpc) is 2.59. The number of piperidine rings is 1. The number of hydrogen-bond acceptors (Lipinski definition) is 3. The fourth-order valence-corrected chi connectivity index (χ4v) is 2.66. The molecule has 0 spiro atoms. The standard InChI is InChI=1S/C16H23ClN4O2/c1-18-14-6-8-21(9-7-14)15(22)11-20-16(23)19-10-12-2-4-13(17)5-3-12/h2-5,14,18H,6-11H2,1H3,(H2,19,20,23). The van der Waals surface area contributed by atoms with Gasteiger partial charge in [-0.15, -0.1) is 0 Å². The Labute approximate surface area is 141 Å². The summed E-state index contributed by atoms with van der Waals surface area (Å²) in [5.74, 6) is -0.0406. The first-order chi connectivity index (χ1) is 11.1. The summed E-state index contributed by atoms with van der Waals surface area (Å²) in [6.07, 6.45) is 1.90. The molecule has 7 heteroatoms. The lowest BCUT2D eigenvalue weighted by Gasteiger charge is -2.31. The topological polar surface area (TPSA) is 73.5 Å². The van der Waals surface area contributed by atoms with E-state index >= 15 is 0 Å². The van der Waals surface area contributed by atoms with Crippen molar-refractivity contribution in [2.24, 2.45) is 0 Å². The van der Waals surface area contributed by atoms with E-state index in [2.05, 4.69) is 16.0 Å². The van der Waals surface area contributed by atoms with E-state index in [0.29, 0.717) is 17.6 Å². The van der Waals surface area contributed by atoms with Gasteiger partial charge in [-0.2, -0.15) is 0 Å². The zero-order valence-electron chi connectivity index (χ0n) is 13.3. The van der Waals surface area contributed by atoms with Crippen LogP contribution in [0.4, 0.5) is 4.79 Å². The third-order valence-electron chi connectivity index (χ3n) is 4.02. The molecule has 1 aliphatic rings. The van der Waals surface area contributed by atoms with E-state index in [1.54, 1.807) is 17.0 Å². The van der Waals surface area contributed by atoms with Gasteiger partial charge in [-0.1, -0.05) is 23.7 Å². The normalized spacial score (nSPS) is 15.3. The van der Waals surface area contributed by atoms with E-state index < -0.39 is 0 Å². The van der Waals surface area contributed by atoms with E-state index in [9.17, 15) is 9.59 Å². The maximum atomic E-state index is 12.1. The third kappa shape index (κ3) is 5.73. The number of likely N-dealkylation sites (tertiary alicyclic amines) is 1. The van der Waals surface area contributed by atoms with Crippen molar-refractivity contribution >= 4 is 23.5 Å². The zero-order valence-corrected chi connectivity index (χ0v) is 14.0. The molecule has 0 radical (unpaired) electrons. The predicted molar refractivity (Wildman–Crippen MR) is 90.4 cm³/mol. The highest BCUT2D eigenvalue weighted by Crippen LogP contribution is 2.10. The molecule has 0 unspecified atom stereocenters. The van der Waals surface area contributed by atoms with E-state index in [-0.39, 0.29) is 18.5 Å². The summed E-state index contributed by atoms with van der Waals surface area (Å²) in [6.45, 7) is 1.89. The summed E-state index contributed by atoms with van der Waals surface area (Å²) in [5.41, 5.74) is 0.949. The first-order valence-electron chi connectivity index (χ1n) is 7.79. The number of amides is 3. The molecule has 0 aromatic heterocycles. The monoisotopic (exact) mass is 338 g/mol. The van der Waals surface area contributed by atoms with Gasteiger partial charge < -0.3 is 20.9 Å². The second kappa shape index (κ2) is 8.74. The largest absolute Gasteiger partial charge is 0.341 e. The summed E-state index contributed by atoms with van der Waals surface area (Å²) in [5, 5.41) is 9.20. The molecule has 3 amide bonds. The molecule has 1 aromatic rings. The van der Waals surface area contributed by atoms with Gasteiger partial charge in [0.05, 0.1) is 6.54 Å². The highest BCUT2D eigenvalue weighted by molar-refractivity contribution is 6.30. The summed E-state index contributed by atoms with van der Waals surface area (Å²) < 4.78 is 0. The Bertz CT molecular complexity index is 527. The molecule has 1 saturated heterocycles. The molecule has 23 heavy (non-hydrogen) atoms. The van der Waals surface area contributed by atoms with Gasteiger partial charge in [-0.05, 0) is 37.6 Å². The van der Waals surface area contributed by atoms with E-state index in [1.165, 1.54) is 0 Å². The lowest BCUT2D eigenvalue weighted by atomic mass is 10.1. The van der Waals surface area contributed by atoms with Gasteiger partial charge >= 0.3 is 6.03 Å². The lowest BCUT2D eigenvalue weighted by molar-refractivity contribution is -0.131. The van der Waals surface area contributed by atoms with Crippen molar-refractivity contribution in [3.05, 3.63) is 34.9 Å². The van der Waals surface area contributed by atoms with Crippen LogP contribution in [-0.2, 0) is 11.3 Å². The van der Waals surface area contributed by atoms with Crippen molar-refractivity contribution in [3.63, 3.8) is 0 Å². The number of urea groups is 1. The van der Waals surface area contributed by atoms with Crippen LogP contribution in [0.3, 0.4) is 0 Å². The van der Waals surface area contributed by atoms with E-state index in [1.807, 2.05) is 19.2 Å². The number of hydrogen-bond donors (Lipinski definition) is 3. The van der Waals surface area contributed by atoms with Crippen LogP contribution in [0.15, 0.2) is 24.3 Å². The number of rotatable bonds is 5. The maximum absolute atomic E-state index is 12.1. The lowest BCUT2D eigenvalue weighted by Crippen LogP contribution is -2.48. The van der Waals surface area contributed by atoms with Gasteiger partial charge in [0.25, 0.3) is 0 Å². The Balaban J connectivity index is 1.66. The number of nitrogens with one attached hydrogen (secondary N) is 3. The highest BCUT2D eigenvalue weighted by Gasteiger charge is 2.21. The van der Waals surface area contributed by atoms with Crippen LogP contribution in [0.1, 0.15) is 18.4 Å². The van der Waals surface area contributed by atoms with Crippen molar-refractivity contribution in [2.45, 2.75) is 25.4 Å². The fraction of sp³-hybridized carbons (Fsp3) is 0.500. The summed E-state index contributed by atoms with van der Waals surface area (Å²) >= 11 is 5.81. The second-order valence-corrected chi connectivity index (χ2v) is 6.04. The Hall–Kier alpha value is -1.79. The zero-order chi connectivity index (χ0) is 16.7. The molecule has 0 bridgehead atoms. The van der Waals surface area contributed by atoms with Gasteiger partial charge in [-0.3, -0.25) is 4.79 Å². The van der Waals surface area contributed by atoms with Crippen molar-refractivity contribution in [1.29, 1.82) is 0 Å². The Morgan fingerprint density at radius 2 is 1.83 bits per heavy atom. The molecule has 1 heterocycles. The molecule has 6 nitrogen and oxygen atoms in total. The van der Waals surface area contributed by atoms with Gasteiger partial charge in [0.1, 0.15) is 0 Å². The molecule has 3 N–H and O–H groups in total. The van der Waals surface area contributed by atoms with Gasteiger partial charge in [0, 0.05) is 30.7 Å². The number of carbonyl (C=O) groups excluding carboxylic acids is 2. The van der Waals surface area contributed by atoms with Crippen molar-refractivity contribution in [1.82, 2.24) is 20.9 Å². The van der Waals surface area contributed by atoms with E-state index in [4.69, 9.17) is 11.6 Å². The Morgan fingerprint density at radius 1 is 1.17 bits per heavy atom. The maximum Gasteiger partial charge on any atom is 0.315 e. The van der Waals surface area contributed by atoms with Crippen LogP contribution in [0.5, 0.6) is 0 Å². The number of carbonyl (C=O) groups is 2. The van der Waals surface area contributed by atoms with Crippen LogP contribution < -0.4 is 16.0 Å². The minimum Gasteiger partial charge on any atom is -0.341 e. The van der Waals surface area contributed by atoms with Crippen molar-refractivity contribution in [2.75, 3.05) is 26.7 Å². The third-order valence-corrected chi connectivity index (χ3v) is 4.27. The van der Waals surface area contributed by atoms with Gasteiger partial charge in [0.2, 0.25) is 5.91 Å². The van der Waals surface area contributed by atoms with Crippen molar-refractivity contribution < 1.29 is 9.59 Å². The molecule has 126 valence electrons. The van der Waals surface area contributed by atoms with Crippen LogP contribution in [-0.4, -0.2) is 49.6 Å². The summed E-state index contributed by atoms with van der Waals surface area (Å²) in [6, 6.07) is 7.37. The van der Waals surface area contributed by atoms with Crippen LogP contribution >= 0.6 is 11.6 Å². The average molecular weight is 339 g/mol. The minimum atomic E-state index is -0.349. The summed E-state index contributed by atoms with van der Waals surface area (Å²) in [4.78, 5) is 25.6.